The third-order valence-electron chi connectivity index (χ3n) is 6.14. The Labute approximate surface area is 216 Å². The zero-order valence-electron chi connectivity index (χ0n) is 21.3. The van der Waals surface area contributed by atoms with Crippen molar-refractivity contribution in [2.45, 2.75) is 32.9 Å². The SMILES string of the molecule is CCCOc1ccc(C2C(=C(O)c3ccc(OC)cc3)C(=O)C(=O)N2Cc2ccccc2)cc1OCC. The van der Waals surface area contributed by atoms with Crippen LogP contribution < -0.4 is 14.2 Å². The largest absolute Gasteiger partial charge is 0.507 e. The molecule has 1 amide bonds. The molecule has 7 nitrogen and oxygen atoms in total. The lowest BCUT2D eigenvalue weighted by Gasteiger charge is -2.26. The number of ether oxygens (including phenoxy) is 3. The lowest BCUT2D eigenvalue weighted by molar-refractivity contribution is -0.140. The molecule has 1 heterocycles. The van der Waals surface area contributed by atoms with Crippen LogP contribution in [0.4, 0.5) is 0 Å². The van der Waals surface area contributed by atoms with Gasteiger partial charge in [0.15, 0.2) is 11.5 Å². The summed E-state index contributed by atoms with van der Waals surface area (Å²) < 4.78 is 16.9. The van der Waals surface area contributed by atoms with Crippen LogP contribution >= 0.6 is 0 Å². The molecule has 0 radical (unpaired) electrons. The average molecular weight is 502 g/mol. The fourth-order valence-electron chi connectivity index (χ4n) is 4.37. The van der Waals surface area contributed by atoms with Crippen molar-refractivity contribution in [1.82, 2.24) is 4.90 Å². The standard InChI is InChI=1S/C30H31NO6/c1-4-17-37-24-16-13-22(18-25(24)36-5-2)27-26(28(32)21-11-14-23(35-3)15-12-21)29(33)30(34)31(27)19-20-9-7-6-8-10-20/h6-16,18,27,32H,4-5,17,19H2,1-3H3. The highest BCUT2D eigenvalue weighted by Gasteiger charge is 2.46. The van der Waals surface area contributed by atoms with Crippen molar-refractivity contribution in [2.24, 2.45) is 0 Å². The highest BCUT2D eigenvalue weighted by atomic mass is 16.5. The molecule has 4 rings (SSSR count). The molecule has 3 aromatic carbocycles. The Morgan fingerprint density at radius 2 is 1.65 bits per heavy atom. The van der Waals surface area contributed by atoms with Crippen LogP contribution in [0.15, 0.2) is 78.4 Å². The first kappa shape index (κ1) is 25.8. The first-order valence-electron chi connectivity index (χ1n) is 12.3. The monoisotopic (exact) mass is 501 g/mol. The van der Waals surface area contributed by atoms with Crippen molar-refractivity contribution >= 4 is 17.4 Å². The van der Waals surface area contributed by atoms with Crippen LogP contribution in [0.2, 0.25) is 0 Å². The van der Waals surface area contributed by atoms with Gasteiger partial charge in [-0.05, 0) is 60.9 Å². The summed E-state index contributed by atoms with van der Waals surface area (Å²) >= 11 is 0. The summed E-state index contributed by atoms with van der Waals surface area (Å²) in [5, 5.41) is 11.3. The predicted molar refractivity (Wildman–Crippen MR) is 141 cm³/mol. The molecule has 1 saturated heterocycles. The number of ketones is 1. The highest BCUT2D eigenvalue weighted by Crippen LogP contribution is 2.43. The molecule has 37 heavy (non-hydrogen) atoms. The van der Waals surface area contributed by atoms with Gasteiger partial charge in [0.2, 0.25) is 0 Å². The number of benzene rings is 3. The Morgan fingerprint density at radius 3 is 2.30 bits per heavy atom. The first-order valence-corrected chi connectivity index (χ1v) is 12.3. The minimum absolute atomic E-state index is 0.0239. The number of rotatable bonds is 10. The maximum atomic E-state index is 13.4. The Balaban J connectivity index is 1.85. The van der Waals surface area contributed by atoms with E-state index in [9.17, 15) is 14.7 Å². The van der Waals surface area contributed by atoms with E-state index in [2.05, 4.69) is 0 Å². The summed E-state index contributed by atoms with van der Waals surface area (Å²) in [6, 6.07) is 20.7. The van der Waals surface area contributed by atoms with Crippen molar-refractivity contribution < 1.29 is 28.9 Å². The minimum atomic E-state index is -0.818. The zero-order valence-corrected chi connectivity index (χ0v) is 21.3. The topological polar surface area (TPSA) is 85.3 Å². The van der Waals surface area contributed by atoms with Crippen LogP contribution in [0.3, 0.4) is 0 Å². The first-order chi connectivity index (χ1) is 18.0. The van der Waals surface area contributed by atoms with Gasteiger partial charge in [-0.25, -0.2) is 0 Å². The van der Waals surface area contributed by atoms with Gasteiger partial charge in [0.1, 0.15) is 11.5 Å². The van der Waals surface area contributed by atoms with Crippen LogP contribution in [0.25, 0.3) is 5.76 Å². The number of amides is 1. The number of Topliss-reactive ketones (excluding diaryl/α,β-unsaturated/α-hetero) is 1. The molecule has 0 aromatic heterocycles. The van der Waals surface area contributed by atoms with Crippen LogP contribution in [-0.4, -0.2) is 42.0 Å². The summed E-state index contributed by atoms with van der Waals surface area (Å²) in [5.74, 6) is 0.0602. The minimum Gasteiger partial charge on any atom is -0.507 e. The molecule has 1 aliphatic rings. The molecule has 0 aliphatic carbocycles. The molecule has 1 N–H and O–H groups in total. The molecular weight excluding hydrogens is 470 g/mol. The molecule has 1 fully saturated rings. The number of methoxy groups -OCH3 is 1. The molecule has 3 aromatic rings. The van der Waals surface area contributed by atoms with Gasteiger partial charge in [-0.15, -0.1) is 0 Å². The van der Waals surface area contributed by atoms with Crippen molar-refractivity contribution in [2.75, 3.05) is 20.3 Å². The molecule has 7 heteroatoms. The summed E-state index contributed by atoms with van der Waals surface area (Å²) in [7, 11) is 1.55. The molecule has 192 valence electrons. The molecule has 1 atom stereocenters. The van der Waals surface area contributed by atoms with E-state index in [-0.39, 0.29) is 17.9 Å². The molecule has 0 spiro atoms. The van der Waals surface area contributed by atoms with Crippen molar-refractivity contribution in [3.63, 3.8) is 0 Å². The number of carbonyl (C=O) groups is 2. The maximum absolute atomic E-state index is 13.4. The second-order valence-electron chi connectivity index (χ2n) is 8.63. The van der Waals surface area contributed by atoms with Gasteiger partial charge in [0.25, 0.3) is 11.7 Å². The second-order valence-corrected chi connectivity index (χ2v) is 8.63. The number of aliphatic hydroxyl groups excluding tert-OH is 1. The maximum Gasteiger partial charge on any atom is 0.295 e. The number of likely N-dealkylation sites (tertiary alicyclic amines) is 1. The molecular formula is C30H31NO6. The van der Waals surface area contributed by atoms with Crippen molar-refractivity contribution in [1.29, 1.82) is 0 Å². The van der Waals surface area contributed by atoms with E-state index < -0.39 is 17.7 Å². The van der Waals surface area contributed by atoms with E-state index in [1.807, 2.05) is 50.2 Å². The summed E-state index contributed by atoms with van der Waals surface area (Å²) in [4.78, 5) is 28.2. The number of carbonyl (C=O) groups excluding carboxylic acids is 2. The lowest BCUT2D eigenvalue weighted by Crippen LogP contribution is -2.29. The summed E-state index contributed by atoms with van der Waals surface area (Å²) in [6.45, 7) is 5.05. The van der Waals surface area contributed by atoms with Gasteiger partial charge in [0.05, 0.1) is 31.9 Å². The van der Waals surface area contributed by atoms with Gasteiger partial charge in [-0.2, -0.15) is 0 Å². The summed E-state index contributed by atoms with van der Waals surface area (Å²) in [6.07, 6.45) is 0.840. The number of hydrogen-bond acceptors (Lipinski definition) is 6. The molecule has 0 saturated carbocycles. The predicted octanol–water partition coefficient (Wildman–Crippen LogP) is 5.50. The van der Waals surface area contributed by atoms with E-state index in [1.165, 1.54) is 4.90 Å². The van der Waals surface area contributed by atoms with Crippen LogP contribution in [0.1, 0.15) is 43.0 Å². The Kier molecular flexibility index (Phi) is 8.13. The molecule has 1 unspecified atom stereocenters. The quantitative estimate of drug-likeness (QED) is 0.224. The van der Waals surface area contributed by atoms with Gasteiger partial charge >= 0.3 is 0 Å². The smallest absolute Gasteiger partial charge is 0.295 e. The van der Waals surface area contributed by atoms with Gasteiger partial charge in [0, 0.05) is 12.1 Å². The number of nitrogens with zero attached hydrogens (tertiary/aromatic N) is 1. The van der Waals surface area contributed by atoms with E-state index in [4.69, 9.17) is 14.2 Å². The number of aliphatic hydroxyl groups is 1. The van der Waals surface area contributed by atoms with Crippen LogP contribution in [-0.2, 0) is 16.1 Å². The Hall–Kier alpha value is -4.26. The third kappa shape index (κ3) is 5.45. The Morgan fingerprint density at radius 1 is 0.919 bits per heavy atom. The third-order valence-corrected chi connectivity index (χ3v) is 6.14. The fourth-order valence-corrected chi connectivity index (χ4v) is 4.37. The van der Waals surface area contributed by atoms with E-state index in [1.54, 1.807) is 43.5 Å². The highest BCUT2D eigenvalue weighted by molar-refractivity contribution is 6.46. The van der Waals surface area contributed by atoms with Crippen molar-refractivity contribution in [3.05, 3.63) is 95.1 Å². The van der Waals surface area contributed by atoms with Crippen LogP contribution in [0, 0.1) is 0 Å². The summed E-state index contributed by atoms with van der Waals surface area (Å²) in [5.41, 5.74) is 1.94. The van der Waals surface area contributed by atoms with Gasteiger partial charge in [-0.3, -0.25) is 9.59 Å². The molecule has 1 aliphatic heterocycles. The lowest BCUT2D eigenvalue weighted by atomic mass is 9.94. The molecule has 0 bridgehead atoms. The fraction of sp³-hybridized carbons (Fsp3) is 0.267. The van der Waals surface area contributed by atoms with E-state index in [0.29, 0.717) is 41.6 Å². The average Bonchev–Trinajstić information content (AvgIpc) is 3.17. The van der Waals surface area contributed by atoms with Gasteiger partial charge in [-0.1, -0.05) is 43.3 Å². The number of hydrogen-bond donors (Lipinski definition) is 1. The van der Waals surface area contributed by atoms with Crippen molar-refractivity contribution in [3.8, 4) is 17.2 Å². The second kappa shape index (κ2) is 11.6. The normalized spacial score (nSPS) is 16.6. The Bertz CT molecular complexity index is 1280. The van der Waals surface area contributed by atoms with E-state index in [0.717, 1.165) is 12.0 Å². The van der Waals surface area contributed by atoms with E-state index >= 15 is 0 Å². The van der Waals surface area contributed by atoms with Crippen LogP contribution in [0.5, 0.6) is 17.2 Å². The zero-order chi connectivity index (χ0) is 26.4. The van der Waals surface area contributed by atoms with Gasteiger partial charge < -0.3 is 24.2 Å².